The maximum Gasteiger partial charge on any atom is 0.321 e. The summed E-state index contributed by atoms with van der Waals surface area (Å²) in [6, 6.07) is 8.57. The fourth-order valence-electron chi connectivity index (χ4n) is 2.60. The first-order chi connectivity index (χ1) is 10.0. The first-order valence-electron chi connectivity index (χ1n) is 7.93. The van der Waals surface area contributed by atoms with Crippen LogP contribution in [0.4, 0.5) is 10.5 Å². The first-order valence-corrected chi connectivity index (χ1v) is 7.93. The van der Waals surface area contributed by atoms with Gasteiger partial charge in [-0.3, -0.25) is 0 Å². The van der Waals surface area contributed by atoms with Crippen molar-refractivity contribution in [3.63, 3.8) is 0 Å². The van der Waals surface area contributed by atoms with Crippen molar-refractivity contribution in [1.82, 2.24) is 10.2 Å². The summed E-state index contributed by atoms with van der Waals surface area (Å²) in [6.45, 7) is 9.06. The lowest BCUT2D eigenvalue weighted by molar-refractivity contribution is 0.182. The molecule has 1 aromatic rings. The van der Waals surface area contributed by atoms with Crippen molar-refractivity contribution in [2.45, 2.75) is 46.2 Å². The van der Waals surface area contributed by atoms with Crippen molar-refractivity contribution >= 4 is 11.7 Å². The van der Waals surface area contributed by atoms with E-state index in [0.29, 0.717) is 12.0 Å². The molecule has 4 nitrogen and oxygen atoms in total. The van der Waals surface area contributed by atoms with Crippen molar-refractivity contribution in [1.29, 1.82) is 0 Å². The van der Waals surface area contributed by atoms with Crippen LogP contribution in [0, 0.1) is 5.92 Å². The van der Waals surface area contributed by atoms with E-state index in [0.717, 1.165) is 31.7 Å². The molecule has 1 aromatic carbocycles. The predicted octanol–water partition coefficient (Wildman–Crippen LogP) is 3.45. The highest BCUT2D eigenvalue weighted by Gasteiger charge is 2.20. The smallest absolute Gasteiger partial charge is 0.321 e. The fraction of sp³-hybridized carbons (Fsp3) is 0.588. The minimum absolute atomic E-state index is 0.0228. The number of likely N-dealkylation sites (tertiary alicyclic amines) is 1. The lowest BCUT2D eigenvalue weighted by Crippen LogP contribution is -2.41. The molecule has 21 heavy (non-hydrogen) atoms. The molecule has 1 atom stereocenters. The third kappa shape index (κ3) is 5.05. The Balaban J connectivity index is 1.86. The third-order valence-corrected chi connectivity index (χ3v) is 3.86. The van der Waals surface area contributed by atoms with Gasteiger partial charge in [-0.2, -0.15) is 0 Å². The summed E-state index contributed by atoms with van der Waals surface area (Å²) in [5.41, 5.74) is 2.10. The number of amides is 2. The van der Waals surface area contributed by atoms with Gasteiger partial charge in [-0.05, 0) is 36.5 Å². The van der Waals surface area contributed by atoms with Crippen molar-refractivity contribution in [2.24, 2.45) is 5.92 Å². The molecule has 0 spiro atoms. The van der Waals surface area contributed by atoms with Crippen LogP contribution in [0.15, 0.2) is 24.3 Å². The van der Waals surface area contributed by atoms with Crippen LogP contribution in [0.25, 0.3) is 0 Å². The van der Waals surface area contributed by atoms with E-state index in [1.165, 1.54) is 12.0 Å². The van der Waals surface area contributed by atoms with Gasteiger partial charge in [0.2, 0.25) is 0 Å². The quantitative estimate of drug-likeness (QED) is 0.891. The van der Waals surface area contributed by atoms with Gasteiger partial charge >= 0.3 is 6.03 Å². The molecule has 1 heterocycles. The zero-order valence-electron chi connectivity index (χ0n) is 13.4. The Morgan fingerprint density at radius 3 is 2.67 bits per heavy atom. The van der Waals surface area contributed by atoms with E-state index in [1.54, 1.807) is 0 Å². The molecule has 0 bridgehead atoms. The highest BCUT2D eigenvalue weighted by atomic mass is 16.2. The molecule has 1 unspecified atom stereocenters. The number of nitrogens with zero attached hydrogens (tertiary/aromatic N) is 1. The summed E-state index contributed by atoms with van der Waals surface area (Å²) in [5, 5.41) is 6.37. The van der Waals surface area contributed by atoms with Crippen molar-refractivity contribution in [3.05, 3.63) is 29.8 Å². The standard InChI is InChI=1S/C17H27N3O/c1-13(2)18-11-15-6-8-16(9-7-15)19-17(21)20-10-4-5-14(3)12-20/h6-9,13-14,18H,4-5,10-12H2,1-3H3,(H,19,21). The van der Waals surface area contributed by atoms with Gasteiger partial charge in [-0.15, -0.1) is 0 Å². The molecule has 0 aliphatic carbocycles. The molecule has 0 radical (unpaired) electrons. The molecule has 0 aromatic heterocycles. The average Bonchev–Trinajstić information content (AvgIpc) is 2.46. The second-order valence-electron chi connectivity index (χ2n) is 6.36. The van der Waals surface area contributed by atoms with Crippen molar-refractivity contribution in [3.8, 4) is 0 Å². The number of benzene rings is 1. The Kier molecular flexibility index (Phi) is 5.62. The number of carbonyl (C=O) groups is 1. The summed E-state index contributed by atoms with van der Waals surface area (Å²) >= 11 is 0. The van der Waals surface area contributed by atoms with Gasteiger partial charge in [-0.25, -0.2) is 4.79 Å². The number of hydrogen-bond donors (Lipinski definition) is 2. The molecule has 0 saturated carbocycles. The Morgan fingerprint density at radius 2 is 2.05 bits per heavy atom. The van der Waals surface area contributed by atoms with Crippen LogP contribution >= 0.6 is 0 Å². The summed E-state index contributed by atoms with van der Waals surface area (Å²) in [6.07, 6.45) is 2.33. The predicted molar refractivity (Wildman–Crippen MR) is 87.4 cm³/mol. The molecule has 116 valence electrons. The Labute approximate surface area is 127 Å². The van der Waals surface area contributed by atoms with Gasteiger partial charge in [0.25, 0.3) is 0 Å². The Morgan fingerprint density at radius 1 is 1.33 bits per heavy atom. The second kappa shape index (κ2) is 7.46. The lowest BCUT2D eigenvalue weighted by Gasteiger charge is -2.30. The van der Waals surface area contributed by atoms with Crippen LogP contribution in [-0.4, -0.2) is 30.1 Å². The van der Waals surface area contributed by atoms with Crippen molar-refractivity contribution in [2.75, 3.05) is 18.4 Å². The van der Waals surface area contributed by atoms with Gasteiger partial charge in [0.15, 0.2) is 0 Å². The van der Waals surface area contributed by atoms with Crippen LogP contribution in [0.3, 0.4) is 0 Å². The van der Waals surface area contributed by atoms with Gasteiger partial charge in [0, 0.05) is 31.4 Å². The minimum atomic E-state index is 0.0228. The zero-order valence-corrected chi connectivity index (χ0v) is 13.4. The highest BCUT2D eigenvalue weighted by molar-refractivity contribution is 5.89. The maximum atomic E-state index is 12.2. The summed E-state index contributed by atoms with van der Waals surface area (Å²) in [5.74, 6) is 0.606. The molecule has 1 aliphatic heterocycles. The van der Waals surface area contributed by atoms with Gasteiger partial charge < -0.3 is 15.5 Å². The highest BCUT2D eigenvalue weighted by Crippen LogP contribution is 2.17. The number of urea groups is 1. The van der Waals surface area contributed by atoms with Gasteiger partial charge in [0.1, 0.15) is 0 Å². The lowest BCUT2D eigenvalue weighted by atomic mass is 10.0. The maximum absolute atomic E-state index is 12.2. The second-order valence-corrected chi connectivity index (χ2v) is 6.36. The monoisotopic (exact) mass is 289 g/mol. The Bertz CT molecular complexity index is 456. The summed E-state index contributed by atoms with van der Waals surface area (Å²) < 4.78 is 0. The minimum Gasteiger partial charge on any atom is -0.324 e. The summed E-state index contributed by atoms with van der Waals surface area (Å²) in [4.78, 5) is 14.1. The number of nitrogens with one attached hydrogen (secondary N) is 2. The van der Waals surface area contributed by atoms with Crippen LogP contribution < -0.4 is 10.6 Å². The van der Waals surface area contributed by atoms with Crippen LogP contribution in [0.1, 0.15) is 39.2 Å². The molecular formula is C17H27N3O. The average molecular weight is 289 g/mol. The number of anilines is 1. The van der Waals surface area contributed by atoms with Crippen LogP contribution in [0.5, 0.6) is 0 Å². The fourth-order valence-corrected chi connectivity index (χ4v) is 2.60. The van der Waals surface area contributed by atoms with E-state index >= 15 is 0 Å². The molecule has 2 N–H and O–H groups in total. The van der Waals surface area contributed by atoms with Crippen LogP contribution in [0.2, 0.25) is 0 Å². The molecule has 1 fully saturated rings. The zero-order chi connectivity index (χ0) is 15.2. The molecule has 4 heteroatoms. The van der Waals surface area contributed by atoms with Crippen molar-refractivity contribution < 1.29 is 4.79 Å². The largest absolute Gasteiger partial charge is 0.324 e. The number of rotatable bonds is 4. The first kappa shape index (κ1) is 15.8. The van der Waals surface area contributed by atoms with E-state index < -0.39 is 0 Å². The van der Waals surface area contributed by atoms with E-state index in [1.807, 2.05) is 17.0 Å². The Hall–Kier alpha value is -1.55. The molecular weight excluding hydrogens is 262 g/mol. The number of carbonyl (C=O) groups excluding carboxylic acids is 1. The number of hydrogen-bond acceptors (Lipinski definition) is 2. The van der Waals surface area contributed by atoms with E-state index in [4.69, 9.17) is 0 Å². The SMILES string of the molecule is CC1CCCN(C(=O)Nc2ccc(CNC(C)C)cc2)C1. The topological polar surface area (TPSA) is 44.4 Å². The third-order valence-electron chi connectivity index (χ3n) is 3.86. The van der Waals surface area contributed by atoms with Gasteiger partial charge in [0.05, 0.1) is 0 Å². The molecule has 1 saturated heterocycles. The number of piperidine rings is 1. The molecule has 2 rings (SSSR count). The van der Waals surface area contributed by atoms with E-state index in [-0.39, 0.29) is 6.03 Å². The molecule has 1 aliphatic rings. The van der Waals surface area contributed by atoms with E-state index in [2.05, 4.69) is 43.5 Å². The van der Waals surface area contributed by atoms with Crippen LogP contribution in [-0.2, 0) is 6.54 Å². The molecule has 2 amide bonds. The van der Waals surface area contributed by atoms with E-state index in [9.17, 15) is 4.79 Å². The normalized spacial score (nSPS) is 18.9. The summed E-state index contributed by atoms with van der Waals surface area (Å²) in [7, 11) is 0. The van der Waals surface area contributed by atoms with Gasteiger partial charge in [-0.1, -0.05) is 32.9 Å².